The maximum absolute atomic E-state index is 12.6. The van der Waals surface area contributed by atoms with Gasteiger partial charge in [0.05, 0.1) is 12.2 Å². The van der Waals surface area contributed by atoms with Crippen LogP contribution in [0, 0.1) is 6.92 Å². The number of hydrogen-bond acceptors (Lipinski definition) is 6. The molecule has 150 valence electrons. The topological polar surface area (TPSA) is 81.7 Å². The zero-order chi connectivity index (χ0) is 20.2. The van der Waals surface area contributed by atoms with E-state index in [-0.39, 0.29) is 28.2 Å². The van der Waals surface area contributed by atoms with Crippen LogP contribution in [0.25, 0.3) is 0 Å². The van der Waals surface area contributed by atoms with Crippen LogP contribution < -0.4 is 5.32 Å². The van der Waals surface area contributed by atoms with Crippen LogP contribution in [0.1, 0.15) is 64.6 Å². The van der Waals surface area contributed by atoms with E-state index in [1.807, 2.05) is 0 Å². The fourth-order valence-corrected chi connectivity index (χ4v) is 4.02. The van der Waals surface area contributed by atoms with Gasteiger partial charge in [-0.2, -0.15) is 0 Å². The molecule has 0 atom stereocenters. The summed E-state index contributed by atoms with van der Waals surface area (Å²) in [6, 6.07) is 0. The van der Waals surface area contributed by atoms with Gasteiger partial charge in [0.25, 0.3) is 9.70 Å². The first-order valence-electron chi connectivity index (χ1n) is 8.54. The minimum Gasteiger partial charge on any atom is -0.462 e. The zero-order valence-corrected chi connectivity index (χ0v) is 18.0. The van der Waals surface area contributed by atoms with E-state index < -0.39 is 21.6 Å². The number of ether oxygens (including phenoxy) is 2. The van der Waals surface area contributed by atoms with Crippen molar-refractivity contribution in [2.75, 3.05) is 11.9 Å². The predicted octanol–water partition coefficient (Wildman–Crippen LogP) is 5.03. The van der Waals surface area contributed by atoms with Gasteiger partial charge in [-0.3, -0.25) is 4.79 Å². The lowest BCUT2D eigenvalue weighted by molar-refractivity contribution is -0.115. The van der Waals surface area contributed by atoms with Crippen molar-refractivity contribution in [3.8, 4) is 0 Å². The maximum Gasteiger partial charge on any atom is 0.348 e. The monoisotopic (exact) mass is 455 g/mol. The average molecular weight is 457 g/mol. The van der Waals surface area contributed by atoms with Gasteiger partial charge >= 0.3 is 11.9 Å². The Labute approximate surface area is 176 Å². The second-order valence-corrected chi connectivity index (χ2v) is 9.40. The second-order valence-electron chi connectivity index (χ2n) is 6.10. The summed E-state index contributed by atoms with van der Waals surface area (Å²) in [6.07, 6.45) is 4.65. The standard InChI is InChI=1S/C17H20Cl3NO5S/c1-3-25-14(22)11-9(2)12(15(23)26-10-7-5-4-6-8-10)27-13(11)21-16(24)17(18,19)20/h10H,3-8H2,1-2H3,(H,21,24). The molecular formula is C17H20Cl3NO5S. The number of carbonyl (C=O) groups excluding carboxylic acids is 3. The number of anilines is 1. The highest BCUT2D eigenvalue weighted by atomic mass is 35.6. The Balaban J connectivity index is 2.31. The van der Waals surface area contributed by atoms with Gasteiger partial charge in [-0.1, -0.05) is 41.2 Å². The molecule has 1 saturated carbocycles. The van der Waals surface area contributed by atoms with Crippen molar-refractivity contribution in [3.05, 3.63) is 16.0 Å². The number of rotatable bonds is 5. The minimum atomic E-state index is -2.22. The van der Waals surface area contributed by atoms with E-state index >= 15 is 0 Å². The number of nitrogens with one attached hydrogen (secondary N) is 1. The number of halogens is 3. The molecular weight excluding hydrogens is 437 g/mol. The van der Waals surface area contributed by atoms with Crippen molar-refractivity contribution in [1.82, 2.24) is 0 Å². The van der Waals surface area contributed by atoms with E-state index in [9.17, 15) is 14.4 Å². The molecule has 0 spiro atoms. The Morgan fingerprint density at radius 2 is 1.78 bits per heavy atom. The molecule has 0 aromatic carbocycles. The van der Waals surface area contributed by atoms with E-state index in [1.54, 1.807) is 13.8 Å². The Bertz CT molecular complexity index is 723. The summed E-state index contributed by atoms with van der Waals surface area (Å²) in [5.41, 5.74) is 0.416. The molecule has 1 fully saturated rings. The molecule has 27 heavy (non-hydrogen) atoms. The van der Waals surface area contributed by atoms with Gasteiger partial charge in [-0.05, 0) is 45.1 Å². The molecule has 0 radical (unpaired) electrons. The highest BCUT2D eigenvalue weighted by Crippen LogP contribution is 2.37. The number of amides is 1. The van der Waals surface area contributed by atoms with Crippen molar-refractivity contribution in [3.63, 3.8) is 0 Å². The quantitative estimate of drug-likeness (QED) is 0.496. The highest BCUT2D eigenvalue weighted by Gasteiger charge is 2.34. The van der Waals surface area contributed by atoms with Crippen molar-refractivity contribution in [2.45, 2.75) is 55.8 Å². The summed E-state index contributed by atoms with van der Waals surface area (Å²) in [6.45, 7) is 3.37. The number of alkyl halides is 3. The van der Waals surface area contributed by atoms with Crippen molar-refractivity contribution in [1.29, 1.82) is 0 Å². The van der Waals surface area contributed by atoms with Crippen LogP contribution in [0.5, 0.6) is 0 Å². The molecule has 1 aromatic heterocycles. The van der Waals surface area contributed by atoms with Crippen LogP contribution in [0.4, 0.5) is 5.00 Å². The zero-order valence-electron chi connectivity index (χ0n) is 14.9. The summed E-state index contributed by atoms with van der Waals surface area (Å²) >= 11 is 17.6. The first-order valence-corrected chi connectivity index (χ1v) is 10.5. The van der Waals surface area contributed by atoms with E-state index in [0.717, 1.165) is 43.4 Å². The molecule has 1 N–H and O–H groups in total. The fraction of sp³-hybridized carbons (Fsp3) is 0.588. The molecule has 1 aromatic rings. The SMILES string of the molecule is CCOC(=O)c1c(NC(=O)C(Cl)(Cl)Cl)sc(C(=O)OC2CCCCC2)c1C. The van der Waals surface area contributed by atoms with E-state index in [1.165, 1.54) is 0 Å². The van der Waals surface area contributed by atoms with Crippen LogP contribution in [-0.2, 0) is 14.3 Å². The largest absolute Gasteiger partial charge is 0.462 e. The molecule has 1 amide bonds. The van der Waals surface area contributed by atoms with Crippen molar-refractivity contribution >= 4 is 69.0 Å². The summed E-state index contributed by atoms with van der Waals surface area (Å²) in [4.78, 5) is 37.1. The fourth-order valence-electron chi connectivity index (χ4n) is 2.81. The maximum atomic E-state index is 12.6. The Hall–Kier alpha value is -1.02. The number of thiophene rings is 1. The first kappa shape index (κ1) is 22.3. The smallest absolute Gasteiger partial charge is 0.348 e. The summed E-state index contributed by atoms with van der Waals surface area (Å²) in [7, 11) is 0. The Morgan fingerprint density at radius 1 is 1.15 bits per heavy atom. The van der Waals surface area contributed by atoms with Gasteiger partial charge in [0.1, 0.15) is 16.0 Å². The molecule has 1 heterocycles. The molecule has 1 aliphatic carbocycles. The molecule has 0 bridgehead atoms. The second kappa shape index (κ2) is 9.45. The lowest BCUT2D eigenvalue weighted by atomic mass is 9.98. The predicted molar refractivity (Wildman–Crippen MR) is 106 cm³/mol. The number of hydrogen-bond donors (Lipinski definition) is 1. The summed E-state index contributed by atoms with van der Waals surface area (Å²) in [5, 5.41) is 2.47. The van der Waals surface area contributed by atoms with Gasteiger partial charge in [0.2, 0.25) is 0 Å². The van der Waals surface area contributed by atoms with Crippen molar-refractivity contribution < 1.29 is 23.9 Å². The third-order valence-corrected chi connectivity index (χ3v) is 5.82. The van der Waals surface area contributed by atoms with Gasteiger partial charge in [-0.25, -0.2) is 9.59 Å². The van der Waals surface area contributed by atoms with Crippen LogP contribution in [0.15, 0.2) is 0 Å². The third kappa shape index (κ3) is 5.73. The Morgan fingerprint density at radius 3 is 2.33 bits per heavy atom. The average Bonchev–Trinajstić information content (AvgIpc) is 2.91. The third-order valence-electron chi connectivity index (χ3n) is 4.12. The molecule has 10 heteroatoms. The Kier molecular flexibility index (Phi) is 7.80. The molecule has 0 aliphatic heterocycles. The highest BCUT2D eigenvalue weighted by molar-refractivity contribution is 7.18. The molecule has 0 saturated heterocycles. The number of esters is 2. The van der Waals surface area contributed by atoms with Gasteiger partial charge in [0.15, 0.2) is 0 Å². The minimum absolute atomic E-state index is 0.0556. The van der Waals surface area contributed by atoms with Crippen LogP contribution in [0.3, 0.4) is 0 Å². The normalized spacial score (nSPS) is 15.3. The van der Waals surface area contributed by atoms with Gasteiger partial charge in [-0.15, -0.1) is 11.3 Å². The molecule has 6 nitrogen and oxygen atoms in total. The van der Waals surface area contributed by atoms with E-state index in [0.29, 0.717) is 5.56 Å². The summed E-state index contributed by atoms with van der Waals surface area (Å²) in [5.74, 6) is -2.15. The molecule has 2 rings (SSSR count). The van der Waals surface area contributed by atoms with Crippen LogP contribution in [-0.4, -0.2) is 34.3 Å². The van der Waals surface area contributed by atoms with Crippen LogP contribution >= 0.6 is 46.1 Å². The summed E-state index contributed by atoms with van der Waals surface area (Å²) < 4.78 is 8.38. The first-order chi connectivity index (χ1) is 12.6. The van der Waals surface area contributed by atoms with Gasteiger partial charge in [0, 0.05) is 0 Å². The molecule has 0 unspecified atom stereocenters. The van der Waals surface area contributed by atoms with Gasteiger partial charge < -0.3 is 14.8 Å². The lowest BCUT2D eigenvalue weighted by Gasteiger charge is -2.21. The molecule has 1 aliphatic rings. The lowest BCUT2D eigenvalue weighted by Crippen LogP contribution is -2.27. The van der Waals surface area contributed by atoms with Crippen LogP contribution in [0.2, 0.25) is 0 Å². The van der Waals surface area contributed by atoms with E-state index in [2.05, 4.69) is 5.32 Å². The number of carbonyl (C=O) groups is 3. The van der Waals surface area contributed by atoms with E-state index in [4.69, 9.17) is 44.3 Å². The van der Waals surface area contributed by atoms with Crippen molar-refractivity contribution in [2.24, 2.45) is 0 Å².